The van der Waals surface area contributed by atoms with Crippen LogP contribution in [0.25, 0.3) is 0 Å². The summed E-state index contributed by atoms with van der Waals surface area (Å²) in [4.78, 5) is 43.6. The standard InChI is InChI=1S/C35H43N3O4/c1-22-16-17-23(2)28(20-22)31(32(39)37-30-24(3)12-11-13-25(30)4)38(27-18-19-27)33(40)29(21-26-14-9-8-10-15-26)36-34(41)42-35(5,6)7/h8-17,20,27,29,31H,18-19,21H2,1-7H3,(H,36,41)(H,37,39). The first-order valence-corrected chi connectivity index (χ1v) is 14.6. The van der Waals surface area contributed by atoms with E-state index in [1.54, 1.807) is 25.7 Å². The first-order chi connectivity index (χ1) is 19.8. The Labute approximate surface area is 249 Å². The van der Waals surface area contributed by atoms with Gasteiger partial charge in [-0.05, 0) is 89.1 Å². The molecule has 0 saturated heterocycles. The summed E-state index contributed by atoms with van der Waals surface area (Å²) in [6.07, 6.45) is 1.17. The minimum absolute atomic E-state index is 0.121. The number of rotatable bonds is 9. The average molecular weight is 570 g/mol. The average Bonchev–Trinajstić information content (AvgIpc) is 3.75. The molecular weight excluding hydrogens is 526 g/mol. The third-order valence-electron chi connectivity index (χ3n) is 7.45. The summed E-state index contributed by atoms with van der Waals surface area (Å²) < 4.78 is 5.54. The summed E-state index contributed by atoms with van der Waals surface area (Å²) in [6, 6.07) is 19.5. The van der Waals surface area contributed by atoms with Crippen molar-refractivity contribution in [2.75, 3.05) is 5.32 Å². The van der Waals surface area contributed by atoms with Gasteiger partial charge in [0.05, 0.1) is 0 Å². The third-order valence-corrected chi connectivity index (χ3v) is 7.45. The number of nitrogens with one attached hydrogen (secondary N) is 2. The number of nitrogens with zero attached hydrogens (tertiary/aromatic N) is 1. The molecule has 0 bridgehead atoms. The summed E-state index contributed by atoms with van der Waals surface area (Å²) in [5.41, 5.74) is 5.49. The number of aryl methyl sites for hydroxylation is 4. The smallest absolute Gasteiger partial charge is 0.408 e. The number of para-hydroxylation sites is 1. The van der Waals surface area contributed by atoms with Gasteiger partial charge in [-0.1, -0.05) is 72.3 Å². The van der Waals surface area contributed by atoms with Crippen LogP contribution in [0.2, 0.25) is 0 Å². The van der Waals surface area contributed by atoms with E-state index < -0.39 is 23.8 Å². The zero-order chi connectivity index (χ0) is 30.6. The molecule has 222 valence electrons. The molecule has 0 heterocycles. The zero-order valence-electron chi connectivity index (χ0n) is 25.8. The fraction of sp³-hybridized carbons (Fsp3) is 0.400. The Morgan fingerprint density at radius 2 is 1.52 bits per heavy atom. The van der Waals surface area contributed by atoms with Crippen LogP contribution >= 0.6 is 0 Å². The van der Waals surface area contributed by atoms with Gasteiger partial charge in [-0.3, -0.25) is 9.59 Å². The molecule has 2 unspecified atom stereocenters. The predicted octanol–water partition coefficient (Wildman–Crippen LogP) is 6.73. The van der Waals surface area contributed by atoms with Crippen molar-refractivity contribution in [3.05, 3.63) is 100 Å². The largest absolute Gasteiger partial charge is 0.444 e. The third kappa shape index (κ3) is 7.78. The maximum Gasteiger partial charge on any atom is 0.408 e. The second-order valence-corrected chi connectivity index (χ2v) is 12.4. The molecule has 4 rings (SSSR count). The van der Waals surface area contributed by atoms with Crippen molar-refractivity contribution >= 4 is 23.6 Å². The summed E-state index contributed by atoms with van der Waals surface area (Å²) in [5, 5.41) is 6.00. The number of ether oxygens (including phenoxy) is 1. The minimum Gasteiger partial charge on any atom is -0.444 e. The van der Waals surface area contributed by atoms with Crippen LogP contribution in [0, 0.1) is 27.7 Å². The second kappa shape index (κ2) is 12.8. The first-order valence-electron chi connectivity index (χ1n) is 14.6. The van der Waals surface area contributed by atoms with Gasteiger partial charge < -0.3 is 20.3 Å². The van der Waals surface area contributed by atoms with Crippen LogP contribution in [0.4, 0.5) is 10.5 Å². The fourth-order valence-corrected chi connectivity index (χ4v) is 5.23. The van der Waals surface area contributed by atoms with Crippen LogP contribution in [0.3, 0.4) is 0 Å². The van der Waals surface area contributed by atoms with Gasteiger partial charge in [-0.2, -0.15) is 0 Å². The Hall–Kier alpha value is -4.13. The van der Waals surface area contributed by atoms with Gasteiger partial charge in [0.25, 0.3) is 5.91 Å². The van der Waals surface area contributed by atoms with Gasteiger partial charge in [0, 0.05) is 18.2 Å². The number of hydrogen-bond acceptors (Lipinski definition) is 4. The van der Waals surface area contributed by atoms with Crippen LogP contribution in [0.5, 0.6) is 0 Å². The molecular formula is C35H43N3O4. The maximum atomic E-state index is 14.6. The van der Waals surface area contributed by atoms with Crippen molar-refractivity contribution in [1.82, 2.24) is 10.2 Å². The molecule has 42 heavy (non-hydrogen) atoms. The van der Waals surface area contributed by atoms with Crippen molar-refractivity contribution in [3.63, 3.8) is 0 Å². The lowest BCUT2D eigenvalue weighted by molar-refractivity contribution is -0.141. The van der Waals surface area contributed by atoms with E-state index in [0.29, 0.717) is 0 Å². The molecule has 3 amide bonds. The second-order valence-electron chi connectivity index (χ2n) is 12.4. The van der Waals surface area contributed by atoms with Crippen molar-refractivity contribution in [2.45, 2.75) is 91.5 Å². The van der Waals surface area contributed by atoms with Gasteiger partial charge in [0.1, 0.15) is 17.7 Å². The molecule has 7 nitrogen and oxygen atoms in total. The first kappa shape index (κ1) is 30.8. The van der Waals surface area contributed by atoms with Gasteiger partial charge in [-0.25, -0.2) is 4.79 Å². The molecule has 1 fully saturated rings. The summed E-state index contributed by atoms with van der Waals surface area (Å²) in [6.45, 7) is 13.2. The monoisotopic (exact) mass is 569 g/mol. The molecule has 0 spiro atoms. The summed E-state index contributed by atoms with van der Waals surface area (Å²) >= 11 is 0. The lowest BCUT2D eigenvalue weighted by Gasteiger charge is -2.35. The number of carbonyl (C=O) groups is 3. The Bertz CT molecular complexity index is 1420. The number of anilines is 1. The molecule has 1 saturated carbocycles. The highest BCUT2D eigenvalue weighted by Gasteiger charge is 2.44. The summed E-state index contributed by atoms with van der Waals surface area (Å²) in [5.74, 6) is -0.591. The Morgan fingerprint density at radius 1 is 0.881 bits per heavy atom. The Balaban J connectivity index is 1.77. The Morgan fingerprint density at radius 3 is 2.12 bits per heavy atom. The lowest BCUT2D eigenvalue weighted by Crippen LogP contribution is -2.54. The zero-order valence-corrected chi connectivity index (χ0v) is 25.8. The highest BCUT2D eigenvalue weighted by Crippen LogP contribution is 2.38. The molecule has 0 radical (unpaired) electrons. The quantitative estimate of drug-likeness (QED) is 0.299. The van der Waals surface area contributed by atoms with Crippen molar-refractivity contribution in [3.8, 4) is 0 Å². The van der Waals surface area contributed by atoms with Crippen LogP contribution in [-0.2, 0) is 20.7 Å². The van der Waals surface area contributed by atoms with Crippen LogP contribution in [0.1, 0.15) is 73.0 Å². The van der Waals surface area contributed by atoms with Crippen molar-refractivity contribution < 1.29 is 19.1 Å². The van der Waals surface area contributed by atoms with Crippen LogP contribution < -0.4 is 10.6 Å². The number of carbonyl (C=O) groups excluding carboxylic acids is 3. The Kier molecular flexibility index (Phi) is 9.40. The highest BCUT2D eigenvalue weighted by molar-refractivity contribution is 6.00. The van der Waals surface area contributed by atoms with Crippen molar-refractivity contribution in [1.29, 1.82) is 0 Å². The number of alkyl carbamates (subject to hydrolysis) is 1. The van der Waals surface area contributed by atoms with Crippen molar-refractivity contribution in [2.24, 2.45) is 0 Å². The number of amides is 3. The highest BCUT2D eigenvalue weighted by atomic mass is 16.6. The van der Waals surface area contributed by atoms with Crippen LogP contribution in [-0.4, -0.2) is 40.5 Å². The molecule has 3 aromatic carbocycles. The molecule has 3 aromatic rings. The maximum absolute atomic E-state index is 14.6. The van der Waals surface area contributed by atoms with E-state index in [2.05, 4.69) is 10.6 Å². The van der Waals surface area contributed by atoms with E-state index in [9.17, 15) is 14.4 Å². The number of hydrogen-bond donors (Lipinski definition) is 2. The molecule has 0 aromatic heterocycles. The van der Waals surface area contributed by atoms with Crippen LogP contribution in [0.15, 0.2) is 66.7 Å². The molecule has 0 aliphatic heterocycles. The lowest BCUT2D eigenvalue weighted by atomic mass is 9.95. The van der Waals surface area contributed by atoms with E-state index in [4.69, 9.17) is 4.74 Å². The van der Waals surface area contributed by atoms with Gasteiger partial charge in [0.2, 0.25) is 5.91 Å². The molecule has 1 aliphatic rings. The summed E-state index contributed by atoms with van der Waals surface area (Å²) in [7, 11) is 0. The van der Waals surface area contributed by atoms with E-state index in [1.807, 2.05) is 94.4 Å². The van der Waals surface area contributed by atoms with Gasteiger partial charge in [0.15, 0.2) is 0 Å². The minimum atomic E-state index is -0.927. The van der Waals surface area contributed by atoms with Gasteiger partial charge in [-0.15, -0.1) is 0 Å². The normalized spacial score (nSPS) is 14.5. The fourth-order valence-electron chi connectivity index (χ4n) is 5.23. The number of benzene rings is 3. The van der Waals surface area contributed by atoms with Gasteiger partial charge >= 0.3 is 6.09 Å². The topological polar surface area (TPSA) is 87.7 Å². The van der Waals surface area contributed by atoms with E-state index in [0.717, 1.165) is 51.9 Å². The predicted molar refractivity (Wildman–Crippen MR) is 166 cm³/mol. The molecule has 2 N–H and O–H groups in total. The molecule has 7 heteroatoms. The van der Waals surface area contributed by atoms with E-state index in [-0.39, 0.29) is 24.3 Å². The van der Waals surface area contributed by atoms with E-state index in [1.165, 1.54) is 0 Å². The molecule has 2 atom stereocenters. The molecule has 1 aliphatic carbocycles. The SMILES string of the molecule is Cc1ccc(C)c(C(C(=O)Nc2c(C)cccc2C)N(C(=O)C(Cc2ccccc2)NC(=O)OC(C)(C)C)C2CC2)c1. The van der Waals surface area contributed by atoms with E-state index >= 15 is 0 Å².